The number of hydrogen-bond acceptors (Lipinski definition) is 26. The van der Waals surface area contributed by atoms with Crippen LogP contribution in [0.25, 0.3) is 0 Å². The molecule has 16 aliphatic rings. The fourth-order valence-corrected chi connectivity index (χ4v) is 27.3. The van der Waals surface area contributed by atoms with Gasteiger partial charge < -0.3 is 82.4 Å². The molecule has 0 aromatic heterocycles. The molecule has 41 atom stereocenters. The SMILES string of the molecule is CC(=O)O[C@H]1C(=O)[C@H]2C[C@@H]3O[C@@H]3[C@H](OC(C)=O)[C@]2(C)[C@H]2[C@H](C)[C@H](OC(C)=O)[C@@]3(C)[C@@H]([C@@H](O)[C@@H]4[C@@H]3[C@H](C)[C@H]3O[C@]35OC(=O)[C@@](C)(OC(C)=O)[C@]45C)[C@@H]21.CC(=O)O[C@H]1[C@@H](C)[C@H]2[C@@H]([C@@H](O)[C@@H](O)[C@H]3C[C@@H]4O[C@@H]4[C@H](OC(C)=O)[C@]23C)[C@@H]2[C@@H](O)[C@@H]3[C@H]([C@H](C)[C@H]4O[C@]45OC(=O)[C@@](C)(O)[C@]35C)[C@]21C. The summed E-state index contributed by atoms with van der Waals surface area (Å²) in [5, 5.41) is 61.7. The van der Waals surface area contributed by atoms with Gasteiger partial charge >= 0.3 is 47.8 Å². The van der Waals surface area contributed by atoms with Crippen LogP contribution >= 0.6 is 0 Å². The first kappa shape index (κ1) is 66.9. The molecule has 6 saturated heterocycles. The predicted molar refractivity (Wildman–Crippen MR) is 319 cm³/mol. The van der Waals surface area contributed by atoms with Crippen LogP contribution in [0.2, 0.25) is 0 Å². The number of hydrogen-bond donors (Lipinski definition) is 5. The van der Waals surface area contributed by atoms with Gasteiger partial charge in [-0.1, -0.05) is 55.4 Å². The molecule has 26 heteroatoms. The molecule has 0 aromatic rings. The van der Waals surface area contributed by atoms with Crippen molar-refractivity contribution in [1.82, 2.24) is 0 Å². The van der Waals surface area contributed by atoms with E-state index >= 15 is 0 Å². The van der Waals surface area contributed by atoms with E-state index < -0.39 is 259 Å². The summed E-state index contributed by atoms with van der Waals surface area (Å²) in [6.45, 7) is 29.8. The van der Waals surface area contributed by atoms with Crippen LogP contribution in [0, 0.1) is 127 Å². The molecule has 10 saturated carbocycles. The Morgan fingerprint density at radius 1 is 0.438 bits per heavy atom. The van der Waals surface area contributed by atoms with E-state index in [4.69, 9.17) is 56.8 Å². The Morgan fingerprint density at radius 2 is 0.854 bits per heavy atom. The van der Waals surface area contributed by atoms with E-state index in [0.29, 0.717) is 12.8 Å². The molecule has 10 aliphatic carbocycles. The van der Waals surface area contributed by atoms with Gasteiger partial charge in [-0.15, -0.1) is 0 Å². The first-order valence-corrected chi connectivity index (χ1v) is 34.6. The molecular formula is C70H94O26. The highest BCUT2D eigenvalue weighted by atomic mass is 16.8. The molecule has 6 heterocycles. The van der Waals surface area contributed by atoms with Crippen molar-refractivity contribution in [3.63, 3.8) is 0 Å². The second kappa shape index (κ2) is 20.0. The number of epoxide rings is 4. The zero-order chi connectivity index (χ0) is 70.0. The molecule has 96 heavy (non-hydrogen) atoms. The monoisotopic (exact) mass is 1350 g/mol. The lowest BCUT2D eigenvalue weighted by Gasteiger charge is -2.67. The number of rotatable bonds is 6. The van der Waals surface area contributed by atoms with Crippen molar-refractivity contribution in [3.8, 4) is 0 Å². The smallest absolute Gasteiger partial charge is 0.353 e. The summed E-state index contributed by atoms with van der Waals surface area (Å²) in [6, 6.07) is 0. The molecule has 0 bridgehead atoms. The quantitative estimate of drug-likeness (QED) is 0.145. The van der Waals surface area contributed by atoms with Crippen LogP contribution < -0.4 is 0 Å². The van der Waals surface area contributed by atoms with Gasteiger partial charge in [-0.2, -0.15) is 0 Å². The summed E-state index contributed by atoms with van der Waals surface area (Å²) in [6.07, 6.45) is -11.2. The van der Waals surface area contributed by atoms with E-state index in [1.165, 1.54) is 55.4 Å². The Kier molecular flexibility index (Phi) is 13.9. The van der Waals surface area contributed by atoms with Crippen LogP contribution in [0.15, 0.2) is 0 Å². The zero-order valence-electron chi connectivity index (χ0n) is 57.6. The largest absolute Gasteiger partial charge is 0.462 e. The minimum absolute atomic E-state index is 0.204. The van der Waals surface area contributed by atoms with Crippen LogP contribution in [0.4, 0.5) is 0 Å². The summed E-state index contributed by atoms with van der Waals surface area (Å²) in [5.41, 5.74) is -10.7. The highest BCUT2D eigenvalue weighted by Gasteiger charge is 2.96. The molecule has 2 spiro atoms. The predicted octanol–water partition coefficient (Wildman–Crippen LogP) is 2.45. The van der Waals surface area contributed by atoms with Gasteiger partial charge in [-0.05, 0) is 106 Å². The number of carbonyl (C=O) groups excluding carboxylic acids is 9. The number of fused-ring (bicyclic) bond motifs is 18. The lowest BCUT2D eigenvalue weighted by Crippen LogP contribution is -2.73. The van der Waals surface area contributed by atoms with Crippen LogP contribution in [0.5, 0.6) is 0 Å². The van der Waals surface area contributed by atoms with Gasteiger partial charge in [0.25, 0.3) is 5.79 Å². The van der Waals surface area contributed by atoms with Crippen molar-refractivity contribution in [1.29, 1.82) is 0 Å². The van der Waals surface area contributed by atoms with E-state index in [2.05, 4.69) is 0 Å². The lowest BCUT2D eigenvalue weighted by atomic mass is 9.39. The number of aliphatic hydroxyl groups is 5. The number of ketones is 1. The van der Waals surface area contributed by atoms with Gasteiger partial charge in [0.05, 0.1) is 47.5 Å². The number of ether oxygens (including phenoxy) is 12. The highest BCUT2D eigenvalue weighted by Crippen LogP contribution is 2.84. The molecule has 0 amide bonds. The summed E-state index contributed by atoms with van der Waals surface area (Å²) in [5.74, 6) is -18.0. The van der Waals surface area contributed by atoms with Crippen LogP contribution in [-0.4, -0.2) is 193 Å². The Labute approximate surface area is 556 Å². The van der Waals surface area contributed by atoms with Crippen molar-refractivity contribution in [2.45, 2.75) is 252 Å². The Bertz CT molecular complexity index is 3480. The van der Waals surface area contributed by atoms with Gasteiger partial charge in [0.15, 0.2) is 17.5 Å². The molecule has 6 aliphatic heterocycles. The van der Waals surface area contributed by atoms with Gasteiger partial charge in [-0.25, -0.2) is 9.59 Å². The molecule has 16 rings (SSSR count). The third-order valence-electron chi connectivity index (χ3n) is 30.4. The van der Waals surface area contributed by atoms with Crippen molar-refractivity contribution < 1.29 is 126 Å². The summed E-state index contributed by atoms with van der Waals surface area (Å²) in [4.78, 5) is 118. The maximum atomic E-state index is 14.9. The van der Waals surface area contributed by atoms with Gasteiger partial charge in [-0.3, -0.25) is 33.6 Å². The average molecular weight is 1350 g/mol. The van der Waals surface area contributed by atoms with Crippen LogP contribution in [-0.2, 0) is 100.0 Å². The summed E-state index contributed by atoms with van der Waals surface area (Å²) in [7, 11) is 0. The standard InChI is InChI=1S/C37H48O14.C33H46O12/c1-12-21-20(28(45-14(3)38)25(42)18-11-19-27(48-19)31(33(18,21)7)47-16(5)40)23-26(43)24-22(34(23,8)29(12)46-15(4)39)13(2)30-37(50-30)35(24,9)36(10,32(44)51-37)49-17(6)41;1-10-17-16(22(37)21(36)14-9-15-24(43-15)27(29(14,17)5)42-13(4)35)19-23(38)20-18(30(19,6)25(10)41-12(3)34)11(2)26-33(44-26)31(20,7)32(8,40)28(39)45-33/h12-13,18-24,26-31,43H,11H2,1-10H3;10-11,14-27,36-38,40H,9H2,1-8H3/t12-,13-,18+,19-,20+,21-,22-,23+,24-,26+,27-,28+,29-,30+,31-,33-,34+,35-,36+,37-;10-,11-,14+,15-,16+,17-,18-,19+,20-,21-,22+,23+,24-,25-,26+,27-,29-,30+,31-,32+,33-/m00/s1. The zero-order valence-corrected chi connectivity index (χ0v) is 57.6. The Morgan fingerprint density at radius 3 is 1.33 bits per heavy atom. The minimum atomic E-state index is -2.00. The van der Waals surface area contributed by atoms with E-state index in [-0.39, 0.29) is 35.9 Å². The maximum absolute atomic E-state index is 14.9. The maximum Gasteiger partial charge on any atom is 0.353 e. The fourth-order valence-electron chi connectivity index (χ4n) is 27.3. The number of esters is 8. The minimum Gasteiger partial charge on any atom is -0.462 e. The van der Waals surface area contributed by atoms with Crippen molar-refractivity contribution in [2.24, 2.45) is 127 Å². The molecule has 16 fully saturated rings. The molecule has 0 unspecified atom stereocenters. The van der Waals surface area contributed by atoms with E-state index in [9.17, 15) is 68.7 Å². The van der Waals surface area contributed by atoms with Crippen molar-refractivity contribution in [3.05, 3.63) is 0 Å². The third-order valence-corrected chi connectivity index (χ3v) is 30.4. The molecule has 0 radical (unpaired) electrons. The second-order valence-corrected chi connectivity index (χ2v) is 34.0. The fraction of sp³-hybridized carbons (Fsp3) is 0.871. The number of Topliss-reactive ketones (excluding diaryl/α,β-unsaturated/α-hetero) is 1. The van der Waals surface area contributed by atoms with Crippen molar-refractivity contribution in [2.75, 3.05) is 0 Å². The lowest BCUT2D eigenvalue weighted by molar-refractivity contribution is -0.284. The van der Waals surface area contributed by atoms with E-state index in [1.807, 2.05) is 55.4 Å². The van der Waals surface area contributed by atoms with Crippen molar-refractivity contribution >= 4 is 53.5 Å². The first-order valence-electron chi connectivity index (χ1n) is 34.6. The average Bonchev–Trinajstić information content (AvgIpc) is 1.46. The number of aliphatic hydroxyl groups excluding tert-OH is 4. The molecule has 0 aromatic carbocycles. The molecule has 5 N–H and O–H groups in total. The topological polar surface area (TPSA) is 379 Å². The van der Waals surface area contributed by atoms with Gasteiger partial charge in [0, 0.05) is 92.8 Å². The molecule has 530 valence electrons. The summed E-state index contributed by atoms with van der Waals surface area (Å²) >= 11 is 0. The van der Waals surface area contributed by atoms with Gasteiger partial charge in [0.1, 0.15) is 48.8 Å². The summed E-state index contributed by atoms with van der Waals surface area (Å²) < 4.78 is 72.8. The normalized spacial score (nSPS) is 60.4. The van der Waals surface area contributed by atoms with E-state index in [1.54, 1.807) is 13.8 Å². The van der Waals surface area contributed by atoms with E-state index in [0.717, 1.165) is 0 Å². The first-order chi connectivity index (χ1) is 44.5. The number of carbonyl (C=O) groups is 9. The highest BCUT2D eigenvalue weighted by molar-refractivity contribution is 5.91. The Balaban J connectivity index is 0.000000159. The third kappa shape index (κ3) is 7.47. The van der Waals surface area contributed by atoms with Gasteiger partial charge in [0.2, 0.25) is 11.4 Å². The molecular weight excluding hydrogens is 1260 g/mol. The molecule has 26 nitrogen and oxygen atoms in total. The second-order valence-electron chi connectivity index (χ2n) is 34.0. The van der Waals surface area contributed by atoms with Crippen LogP contribution in [0.1, 0.15) is 137 Å². The van der Waals surface area contributed by atoms with Crippen LogP contribution in [0.3, 0.4) is 0 Å². The Hall–Kier alpha value is -4.93.